The van der Waals surface area contributed by atoms with Crippen molar-refractivity contribution >= 4 is 0 Å². The third-order valence-corrected chi connectivity index (χ3v) is 2.19. The van der Waals surface area contributed by atoms with Crippen LogP contribution < -0.4 is 0 Å². The first-order valence-electron chi connectivity index (χ1n) is 4.94. The minimum atomic E-state index is -0.0290. The van der Waals surface area contributed by atoms with Crippen LogP contribution in [0, 0.1) is 6.92 Å². The largest absolute Gasteiger partial charge is 0.507 e. The number of benzene rings is 1. The molecule has 1 heterocycles. The molecule has 16 heavy (non-hydrogen) atoms. The maximum absolute atomic E-state index is 9.65. The van der Waals surface area contributed by atoms with Gasteiger partial charge in [0.1, 0.15) is 5.75 Å². The van der Waals surface area contributed by atoms with Crippen LogP contribution in [-0.2, 0) is 6.42 Å². The van der Waals surface area contributed by atoms with Gasteiger partial charge in [-0.3, -0.25) is 0 Å². The van der Waals surface area contributed by atoms with E-state index in [4.69, 9.17) is 9.63 Å². The fraction of sp³-hybridized carbons (Fsp3) is 0.273. The lowest BCUT2D eigenvalue weighted by molar-refractivity contribution is 0.293. The second-order valence-corrected chi connectivity index (χ2v) is 3.51. The Balaban J connectivity index is 2.38. The minimum absolute atomic E-state index is 0.0290. The molecule has 5 nitrogen and oxygen atoms in total. The lowest BCUT2D eigenvalue weighted by Crippen LogP contribution is -1.92. The van der Waals surface area contributed by atoms with Crippen molar-refractivity contribution in [2.45, 2.75) is 13.3 Å². The molecule has 5 heteroatoms. The molecule has 84 valence electrons. The van der Waals surface area contributed by atoms with Gasteiger partial charge in [-0.05, 0) is 19.1 Å². The topological polar surface area (TPSA) is 79.4 Å². The summed E-state index contributed by atoms with van der Waals surface area (Å²) in [5.74, 6) is 0.799. The second-order valence-electron chi connectivity index (χ2n) is 3.51. The van der Waals surface area contributed by atoms with Gasteiger partial charge in [-0.2, -0.15) is 4.98 Å². The third kappa shape index (κ3) is 2.04. The molecule has 0 radical (unpaired) electrons. The summed E-state index contributed by atoms with van der Waals surface area (Å²) in [5.41, 5.74) is 1.51. The van der Waals surface area contributed by atoms with Crippen molar-refractivity contribution in [1.82, 2.24) is 10.1 Å². The molecule has 0 spiro atoms. The molecule has 1 aromatic heterocycles. The maximum atomic E-state index is 9.65. The molecular weight excluding hydrogens is 208 g/mol. The number of hydrogen-bond donors (Lipinski definition) is 2. The van der Waals surface area contributed by atoms with Crippen LogP contribution in [0.3, 0.4) is 0 Å². The van der Waals surface area contributed by atoms with Gasteiger partial charge in [0.25, 0.3) is 5.89 Å². The lowest BCUT2D eigenvalue weighted by atomic mass is 10.1. The van der Waals surface area contributed by atoms with Crippen LogP contribution in [0.15, 0.2) is 22.7 Å². The fourth-order valence-corrected chi connectivity index (χ4v) is 1.39. The maximum Gasteiger partial charge on any atom is 0.261 e. The van der Waals surface area contributed by atoms with Crippen LogP contribution in [0.5, 0.6) is 5.75 Å². The second kappa shape index (κ2) is 4.32. The van der Waals surface area contributed by atoms with Gasteiger partial charge in [0, 0.05) is 6.42 Å². The number of aromatic hydroxyl groups is 1. The monoisotopic (exact) mass is 220 g/mol. The highest BCUT2D eigenvalue weighted by molar-refractivity contribution is 5.62. The highest BCUT2D eigenvalue weighted by atomic mass is 16.5. The van der Waals surface area contributed by atoms with E-state index in [-0.39, 0.29) is 18.2 Å². The zero-order valence-corrected chi connectivity index (χ0v) is 8.84. The van der Waals surface area contributed by atoms with Gasteiger partial charge in [0.15, 0.2) is 5.82 Å². The lowest BCUT2D eigenvalue weighted by Gasteiger charge is -1.99. The number of aliphatic hydroxyl groups excluding tert-OH is 1. The quantitative estimate of drug-likeness (QED) is 0.814. The number of hydrogen-bond acceptors (Lipinski definition) is 5. The molecule has 0 fully saturated rings. The summed E-state index contributed by atoms with van der Waals surface area (Å²) >= 11 is 0. The molecule has 0 aliphatic heterocycles. The van der Waals surface area contributed by atoms with E-state index >= 15 is 0 Å². The molecule has 0 aliphatic carbocycles. The average molecular weight is 220 g/mol. The normalized spacial score (nSPS) is 10.6. The van der Waals surface area contributed by atoms with Crippen molar-refractivity contribution in [2.24, 2.45) is 0 Å². The number of phenolic OH excluding ortho intramolecular Hbond substituents is 1. The summed E-state index contributed by atoms with van der Waals surface area (Å²) < 4.78 is 5.01. The standard InChI is InChI=1S/C11H12N2O3/c1-7-2-3-9(15)8(6-7)11-12-10(4-5-14)13-16-11/h2-3,6,14-15H,4-5H2,1H3. The van der Waals surface area contributed by atoms with Crippen LogP contribution in [-0.4, -0.2) is 27.0 Å². The zero-order chi connectivity index (χ0) is 11.5. The molecule has 1 aromatic carbocycles. The predicted octanol–water partition coefficient (Wildman–Crippen LogP) is 1.29. The van der Waals surface area contributed by atoms with Gasteiger partial charge < -0.3 is 14.7 Å². The molecule has 2 aromatic rings. The number of phenols is 1. The van der Waals surface area contributed by atoms with E-state index in [2.05, 4.69) is 10.1 Å². The Morgan fingerprint density at radius 1 is 1.38 bits per heavy atom. The van der Waals surface area contributed by atoms with E-state index < -0.39 is 0 Å². The summed E-state index contributed by atoms with van der Waals surface area (Å²) in [7, 11) is 0. The number of nitrogens with zero attached hydrogens (tertiary/aromatic N) is 2. The fourth-order valence-electron chi connectivity index (χ4n) is 1.39. The van der Waals surface area contributed by atoms with E-state index in [1.54, 1.807) is 18.2 Å². The van der Waals surface area contributed by atoms with E-state index in [9.17, 15) is 5.11 Å². The molecule has 0 unspecified atom stereocenters. The van der Waals surface area contributed by atoms with Crippen LogP contribution in [0.2, 0.25) is 0 Å². The Morgan fingerprint density at radius 3 is 2.94 bits per heavy atom. The Labute approximate surface area is 92.4 Å². The first-order valence-corrected chi connectivity index (χ1v) is 4.94. The van der Waals surface area contributed by atoms with Gasteiger partial charge in [-0.1, -0.05) is 16.8 Å². The smallest absolute Gasteiger partial charge is 0.261 e. The third-order valence-electron chi connectivity index (χ3n) is 2.19. The van der Waals surface area contributed by atoms with Crippen LogP contribution in [0.1, 0.15) is 11.4 Å². The van der Waals surface area contributed by atoms with Gasteiger partial charge in [-0.15, -0.1) is 0 Å². The summed E-state index contributed by atoms with van der Waals surface area (Å²) in [4.78, 5) is 4.07. The van der Waals surface area contributed by atoms with Crippen molar-refractivity contribution in [3.05, 3.63) is 29.6 Å². The van der Waals surface area contributed by atoms with Crippen LogP contribution >= 0.6 is 0 Å². The van der Waals surface area contributed by atoms with Crippen LogP contribution in [0.25, 0.3) is 11.5 Å². The zero-order valence-electron chi connectivity index (χ0n) is 8.84. The van der Waals surface area contributed by atoms with Crippen molar-refractivity contribution in [3.8, 4) is 17.2 Å². The Bertz CT molecular complexity index is 494. The molecular formula is C11H12N2O3. The first kappa shape index (κ1) is 10.6. The molecule has 0 amide bonds. The minimum Gasteiger partial charge on any atom is -0.507 e. The molecule has 0 atom stereocenters. The van der Waals surface area contributed by atoms with E-state index in [0.29, 0.717) is 17.8 Å². The molecule has 0 saturated heterocycles. The number of aliphatic hydroxyl groups is 1. The van der Waals surface area contributed by atoms with E-state index in [1.807, 2.05) is 6.92 Å². The predicted molar refractivity (Wildman–Crippen MR) is 56.9 cm³/mol. The molecule has 0 aliphatic rings. The van der Waals surface area contributed by atoms with Crippen molar-refractivity contribution in [1.29, 1.82) is 0 Å². The highest BCUT2D eigenvalue weighted by Gasteiger charge is 2.12. The Morgan fingerprint density at radius 2 is 2.19 bits per heavy atom. The van der Waals surface area contributed by atoms with Crippen molar-refractivity contribution in [2.75, 3.05) is 6.61 Å². The number of aryl methyl sites for hydroxylation is 1. The van der Waals surface area contributed by atoms with Gasteiger partial charge >= 0.3 is 0 Å². The SMILES string of the molecule is Cc1ccc(O)c(-c2nc(CCO)no2)c1. The summed E-state index contributed by atoms with van der Waals surface area (Å²) in [6.45, 7) is 1.88. The van der Waals surface area contributed by atoms with E-state index in [1.165, 1.54) is 0 Å². The molecule has 2 N–H and O–H groups in total. The number of aromatic nitrogens is 2. The van der Waals surface area contributed by atoms with E-state index in [0.717, 1.165) is 5.56 Å². The van der Waals surface area contributed by atoms with Crippen LogP contribution in [0.4, 0.5) is 0 Å². The van der Waals surface area contributed by atoms with Crippen molar-refractivity contribution < 1.29 is 14.7 Å². The molecule has 0 saturated carbocycles. The molecule has 2 rings (SSSR count). The Hall–Kier alpha value is -1.88. The van der Waals surface area contributed by atoms with Gasteiger partial charge in [0.2, 0.25) is 0 Å². The van der Waals surface area contributed by atoms with Crippen molar-refractivity contribution in [3.63, 3.8) is 0 Å². The summed E-state index contributed by atoms with van der Waals surface area (Å²) in [6, 6.07) is 5.15. The number of rotatable bonds is 3. The van der Waals surface area contributed by atoms with Gasteiger partial charge in [0.05, 0.1) is 12.2 Å². The first-order chi connectivity index (χ1) is 7.70. The summed E-state index contributed by atoms with van der Waals surface area (Å²) in [5, 5.41) is 22.1. The average Bonchev–Trinajstić information content (AvgIpc) is 2.71. The molecule has 0 bridgehead atoms. The Kier molecular flexibility index (Phi) is 2.87. The summed E-state index contributed by atoms with van der Waals surface area (Å²) in [6.07, 6.45) is 0.343. The van der Waals surface area contributed by atoms with Gasteiger partial charge in [-0.25, -0.2) is 0 Å². The highest BCUT2D eigenvalue weighted by Crippen LogP contribution is 2.28.